The zero-order chi connectivity index (χ0) is 22.6. The van der Waals surface area contributed by atoms with Crippen molar-refractivity contribution in [2.45, 2.75) is 51.7 Å². The van der Waals surface area contributed by atoms with Gasteiger partial charge in [-0.2, -0.15) is 18.3 Å². The second kappa shape index (κ2) is 7.13. The Morgan fingerprint density at radius 1 is 1.35 bits per heavy atom. The number of amides is 3. The molecular formula is C19H21F3N6O3. The summed E-state index contributed by atoms with van der Waals surface area (Å²) in [4.78, 5) is 31.4. The minimum Gasteiger partial charge on any atom is -0.441 e. The highest BCUT2D eigenvalue weighted by Crippen LogP contribution is 2.33. The highest BCUT2D eigenvalue weighted by Gasteiger charge is 2.41. The van der Waals surface area contributed by atoms with Gasteiger partial charge in [-0.3, -0.25) is 14.6 Å². The number of pyridine rings is 1. The molecule has 0 radical (unpaired) electrons. The quantitative estimate of drug-likeness (QED) is 0.775. The number of halogens is 3. The molecule has 31 heavy (non-hydrogen) atoms. The van der Waals surface area contributed by atoms with Crippen LogP contribution < -0.4 is 10.2 Å². The standard InChI is InChI=1S/C19H21F3N6O3/c1-11-8-28-14(13(7-24-28)27-10-18(2,3)31-17(27)30)9-26(11)16(29)25-12-4-5-23-15(6-12)19(20,21)22/h4-7,11H,8-10H2,1-3H3,(H,23,25,29)/t11-/m0/s1. The topological polar surface area (TPSA) is 92.6 Å². The number of rotatable bonds is 2. The molecule has 3 amide bonds. The van der Waals surface area contributed by atoms with Crippen LogP contribution in [0, 0.1) is 0 Å². The summed E-state index contributed by atoms with van der Waals surface area (Å²) in [6.45, 7) is 6.25. The van der Waals surface area contributed by atoms with Crippen molar-refractivity contribution >= 4 is 23.5 Å². The molecule has 0 unspecified atom stereocenters. The van der Waals surface area contributed by atoms with E-state index in [0.29, 0.717) is 24.5 Å². The lowest BCUT2D eigenvalue weighted by molar-refractivity contribution is -0.141. The van der Waals surface area contributed by atoms with Crippen LogP contribution in [0.25, 0.3) is 0 Å². The van der Waals surface area contributed by atoms with Gasteiger partial charge in [-0.05, 0) is 32.9 Å². The van der Waals surface area contributed by atoms with E-state index in [9.17, 15) is 22.8 Å². The summed E-state index contributed by atoms with van der Waals surface area (Å²) in [6, 6.07) is 1.24. The molecule has 166 valence electrons. The number of alkyl halides is 3. The van der Waals surface area contributed by atoms with Gasteiger partial charge in [-0.15, -0.1) is 0 Å². The maximum atomic E-state index is 12.9. The normalized spacial score (nSPS) is 20.5. The zero-order valence-electron chi connectivity index (χ0n) is 17.1. The predicted octanol–water partition coefficient (Wildman–Crippen LogP) is 3.47. The number of fused-ring (bicyclic) bond motifs is 1. The maximum absolute atomic E-state index is 12.9. The van der Waals surface area contributed by atoms with Crippen molar-refractivity contribution in [1.82, 2.24) is 19.7 Å². The van der Waals surface area contributed by atoms with Gasteiger partial charge in [0.25, 0.3) is 0 Å². The van der Waals surface area contributed by atoms with E-state index in [4.69, 9.17) is 4.74 Å². The Morgan fingerprint density at radius 2 is 2.10 bits per heavy atom. The van der Waals surface area contributed by atoms with Crippen LogP contribution in [0.2, 0.25) is 0 Å². The molecular weight excluding hydrogens is 417 g/mol. The lowest BCUT2D eigenvalue weighted by atomic mass is 10.1. The summed E-state index contributed by atoms with van der Waals surface area (Å²) in [7, 11) is 0. The second-order valence-electron chi connectivity index (χ2n) is 8.21. The Labute approximate surface area is 175 Å². The van der Waals surface area contributed by atoms with E-state index in [2.05, 4.69) is 15.4 Å². The summed E-state index contributed by atoms with van der Waals surface area (Å²) in [5.74, 6) is 0. The third-order valence-electron chi connectivity index (χ3n) is 5.19. The molecule has 0 aromatic carbocycles. The van der Waals surface area contributed by atoms with Crippen molar-refractivity contribution in [3.8, 4) is 0 Å². The molecule has 1 N–H and O–H groups in total. The number of carbonyl (C=O) groups is 2. The average Bonchev–Trinajstić information content (AvgIpc) is 3.18. The molecule has 0 bridgehead atoms. The Balaban J connectivity index is 1.55. The highest BCUT2D eigenvalue weighted by atomic mass is 19.4. The molecule has 12 heteroatoms. The van der Waals surface area contributed by atoms with E-state index in [-0.39, 0.29) is 18.3 Å². The Morgan fingerprint density at radius 3 is 2.74 bits per heavy atom. The Kier molecular flexibility index (Phi) is 4.82. The van der Waals surface area contributed by atoms with Crippen molar-refractivity contribution in [2.24, 2.45) is 0 Å². The molecule has 0 spiro atoms. The lowest BCUT2D eigenvalue weighted by Crippen LogP contribution is -2.47. The molecule has 1 fully saturated rings. The van der Waals surface area contributed by atoms with Crippen molar-refractivity contribution < 1.29 is 27.5 Å². The first kappa shape index (κ1) is 20.9. The molecule has 9 nitrogen and oxygen atoms in total. The summed E-state index contributed by atoms with van der Waals surface area (Å²) < 4.78 is 45.7. The fraction of sp³-hybridized carbons (Fsp3) is 0.474. The zero-order valence-corrected chi connectivity index (χ0v) is 17.1. The van der Waals surface area contributed by atoms with Gasteiger partial charge in [0.15, 0.2) is 0 Å². The molecule has 0 saturated carbocycles. The summed E-state index contributed by atoms with van der Waals surface area (Å²) in [6.07, 6.45) is -2.55. The molecule has 2 aromatic heterocycles. The van der Waals surface area contributed by atoms with Gasteiger partial charge in [0.2, 0.25) is 0 Å². The summed E-state index contributed by atoms with van der Waals surface area (Å²) in [5, 5.41) is 6.83. The number of ether oxygens (including phenoxy) is 1. The van der Waals surface area contributed by atoms with Gasteiger partial charge in [0, 0.05) is 11.9 Å². The summed E-state index contributed by atoms with van der Waals surface area (Å²) >= 11 is 0. The van der Waals surface area contributed by atoms with Gasteiger partial charge in [-0.25, -0.2) is 9.59 Å². The van der Waals surface area contributed by atoms with Crippen LogP contribution >= 0.6 is 0 Å². The monoisotopic (exact) mass is 438 g/mol. The number of urea groups is 1. The number of aromatic nitrogens is 3. The molecule has 4 heterocycles. The largest absolute Gasteiger partial charge is 0.441 e. The van der Waals surface area contributed by atoms with E-state index < -0.39 is 29.6 Å². The number of nitrogens with one attached hydrogen (secondary N) is 1. The average molecular weight is 438 g/mol. The molecule has 1 saturated heterocycles. The number of cyclic esters (lactones) is 1. The van der Waals surface area contributed by atoms with Crippen LogP contribution in [0.1, 0.15) is 32.2 Å². The van der Waals surface area contributed by atoms with Crippen LogP contribution in [-0.4, -0.2) is 50.0 Å². The third-order valence-corrected chi connectivity index (χ3v) is 5.19. The predicted molar refractivity (Wildman–Crippen MR) is 103 cm³/mol. The van der Waals surface area contributed by atoms with Gasteiger partial charge in [0.1, 0.15) is 11.3 Å². The smallest absolute Gasteiger partial charge is 0.433 e. The maximum Gasteiger partial charge on any atom is 0.433 e. The molecule has 2 aliphatic rings. The first-order valence-electron chi connectivity index (χ1n) is 9.61. The number of anilines is 2. The van der Waals surface area contributed by atoms with Gasteiger partial charge in [-0.1, -0.05) is 0 Å². The fourth-order valence-corrected chi connectivity index (χ4v) is 3.70. The highest BCUT2D eigenvalue weighted by molar-refractivity contribution is 5.92. The summed E-state index contributed by atoms with van der Waals surface area (Å²) in [5.41, 5.74) is -0.559. The van der Waals surface area contributed by atoms with E-state index in [1.54, 1.807) is 24.7 Å². The van der Waals surface area contributed by atoms with Crippen molar-refractivity contribution in [1.29, 1.82) is 0 Å². The van der Waals surface area contributed by atoms with Crippen LogP contribution in [0.15, 0.2) is 24.5 Å². The van der Waals surface area contributed by atoms with Crippen LogP contribution in [-0.2, 0) is 24.0 Å². The first-order valence-corrected chi connectivity index (χ1v) is 9.61. The van der Waals surface area contributed by atoms with Crippen LogP contribution in [0.5, 0.6) is 0 Å². The van der Waals surface area contributed by atoms with Crippen molar-refractivity contribution in [2.75, 3.05) is 16.8 Å². The number of carbonyl (C=O) groups excluding carboxylic acids is 2. The van der Waals surface area contributed by atoms with E-state index in [0.717, 1.165) is 12.3 Å². The Hall–Kier alpha value is -3.31. The number of hydrogen-bond donors (Lipinski definition) is 1. The van der Waals surface area contributed by atoms with Gasteiger partial charge >= 0.3 is 18.3 Å². The van der Waals surface area contributed by atoms with Crippen LogP contribution in [0.3, 0.4) is 0 Å². The van der Waals surface area contributed by atoms with Gasteiger partial charge < -0.3 is 15.0 Å². The molecule has 4 rings (SSSR count). The molecule has 1 atom stereocenters. The molecule has 0 aliphatic carbocycles. The van der Waals surface area contributed by atoms with E-state index in [1.807, 2.05) is 6.92 Å². The number of hydrogen-bond acceptors (Lipinski definition) is 5. The van der Waals surface area contributed by atoms with Crippen LogP contribution in [0.4, 0.5) is 34.1 Å². The lowest BCUT2D eigenvalue weighted by Gasteiger charge is -2.34. The first-order chi connectivity index (χ1) is 14.4. The van der Waals surface area contributed by atoms with Crippen molar-refractivity contribution in [3.63, 3.8) is 0 Å². The fourth-order valence-electron chi connectivity index (χ4n) is 3.70. The van der Waals surface area contributed by atoms with E-state index >= 15 is 0 Å². The minimum absolute atomic E-state index is 0.0105. The van der Waals surface area contributed by atoms with Crippen molar-refractivity contribution in [3.05, 3.63) is 35.9 Å². The van der Waals surface area contributed by atoms with E-state index in [1.165, 1.54) is 15.9 Å². The number of nitrogens with zero attached hydrogens (tertiary/aromatic N) is 5. The minimum atomic E-state index is -4.61. The third kappa shape index (κ3) is 4.01. The SMILES string of the molecule is C[C@H]1Cn2ncc(N3CC(C)(C)OC3=O)c2CN1C(=O)Nc1ccnc(C(F)(F)F)c1. The Bertz CT molecular complexity index is 1040. The molecule has 2 aromatic rings. The molecule has 2 aliphatic heterocycles. The van der Waals surface area contributed by atoms with Gasteiger partial charge in [0.05, 0.1) is 43.3 Å². The second-order valence-corrected chi connectivity index (χ2v) is 8.21.